The van der Waals surface area contributed by atoms with E-state index in [1.54, 1.807) is 30.1 Å². The molecule has 0 fully saturated rings. The number of thiazole rings is 1. The van der Waals surface area contributed by atoms with Gasteiger partial charge in [0.15, 0.2) is 0 Å². The predicted molar refractivity (Wildman–Crippen MR) is 47.4 cm³/mol. The maximum atomic E-state index is 4.16. The predicted octanol–water partition coefficient (Wildman–Crippen LogP) is 2.30. The summed E-state index contributed by atoms with van der Waals surface area (Å²) in [5.41, 5.74) is 0.959. The van der Waals surface area contributed by atoms with E-state index in [1.165, 1.54) is 0 Å². The van der Waals surface area contributed by atoms with Crippen molar-refractivity contribution in [3.63, 3.8) is 0 Å². The van der Waals surface area contributed by atoms with Gasteiger partial charge in [-0.15, -0.1) is 11.3 Å². The van der Waals surface area contributed by atoms with E-state index in [0.29, 0.717) is 0 Å². The average Bonchev–Trinajstić information content (AvgIpc) is 2.55. The molecule has 2 heterocycles. The summed E-state index contributed by atoms with van der Waals surface area (Å²) in [7, 11) is 0. The van der Waals surface area contributed by atoms with Crippen LogP contribution in [0.3, 0.4) is 0 Å². The molecule has 0 unspecified atom stereocenters. The van der Waals surface area contributed by atoms with Gasteiger partial charge in [-0.2, -0.15) is 0 Å². The fourth-order valence-electron chi connectivity index (χ4n) is 0.752. The van der Waals surface area contributed by atoms with Gasteiger partial charge in [-0.3, -0.25) is 0 Å². The zero-order valence-electron chi connectivity index (χ0n) is 5.41. The maximum Gasteiger partial charge on any atom is 0.142 e. The number of nitrogens with one attached hydrogen (secondary N) is 1. The molecule has 0 saturated heterocycles. The third-order valence-electron chi connectivity index (χ3n) is 1.21. The van der Waals surface area contributed by atoms with E-state index in [1.807, 2.05) is 0 Å². The van der Waals surface area contributed by atoms with Crippen molar-refractivity contribution in [3.8, 4) is 10.7 Å². The molecule has 1 N–H and O–H groups in total. The van der Waals surface area contributed by atoms with Crippen LogP contribution in [-0.4, -0.2) is 15.0 Å². The zero-order chi connectivity index (χ0) is 7.68. The van der Waals surface area contributed by atoms with Gasteiger partial charge in [0.05, 0.1) is 28.2 Å². The van der Waals surface area contributed by atoms with E-state index >= 15 is 0 Å². The Morgan fingerprint density at radius 1 is 1.45 bits per heavy atom. The van der Waals surface area contributed by atoms with E-state index in [2.05, 4.69) is 30.9 Å². The molecule has 0 radical (unpaired) electrons. The van der Waals surface area contributed by atoms with Crippen molar-refractivity contribution in [3.05, 3.63) is 22.5 Å². The molecule has 3 nitrogen and oxygen atoms in total. The number of rotatable bonds is 1. The molecular formula is C6H4BrN3S. The van der Waals surface area contributed by atoms with E-state index in [9.17, 15) is 0 Å². The molecule has 0 bridgehead atoms. The van der Waals surface area contributed by atoms with Gasteiger partial charge in [-0.1, -0.05) is 0 Å². The van der Waals surface area contributed by atoms with E-state index in [4.69, 9.17) is 0 Å². The first-order valence-electron chi connectivity index (χ1n) is 2.96. The molecule has 2 rings (SSSR count). The molecule has 0 saturated carbocycles. The number of nitrogens with zero attached hydrogens (tertiary/aromatic N) is 2. The standard InChI is InChI=1S/C6H4BrN3S/c7-5-2-9-6(11-5)4-1-8-3-10-4/h1-3H,(H,8,10). The third-order valence-corrected chi connectivity index (χ3v) is 2.72. The molecule has 2 aromatic heterocycles. The minimum absolute atomic E-state index is 0.953. The summed E-state index contributed by atoms with van der Waals surface area (Å²) in [5, 5.41) is 0.953. The van der Waals surface area contributed by atoms with Crippen molar-refractivity contribution in [1.82, 2.24) is 15.0 Å². The SMILES string of the molecule is Brc1cnc(-c2cnc[nH]2)s1. The second-order valence-electron chi connectivity index (χ2n) is 1.93. The molecule has 0 aliphatic rings. The highest BCUT2D eigenvalue weighted by molar-refractivity contribution is 9.11. The first-order valence-corrected chi connectivity index (χ1v) is 4.57. The average molecular weight is 230 g/mol. The number of H-pyrrole nitrogens is 1. The smallest absolute Gasteiger partial charge is 0.142 e. The molecular weight excluding hydrogens is 226 g/mol. The van der Waals surface area contributed by atoms with Crippen molar-refractivity contribution in [1.29, 1.82) is 0 Å². The van der Waals surface area contributed by atoms with Crippen LogP contribution in [0, 0.1) is 0 Å². The quantitative estimate of drug-likeness (QED) is 0.816. The number of aromatic nitrogens is 3. The summed E-state index contributed by atoms with van der Waals surface area (Å²) >= 11 is 4.92. The van der Waals surface area contributed by atoms with E-state index in [0.717, 1.165) is 14.5 Å². The van der Waals surface area contributed by atoms with Gasteiger partial charge < -0.3 is 4.98 Å². The molecule has 5 heteroatoms. The van der Waals surface area contributed by atoms with Crippen LogP contribution in [0.5, 0.6) is 0 Å². The molecule has 56 valence electrons. The van der Waals surface area contributed by atoms with E-state index < -0.39 is 0 Å². The van der Waals surface area contributed by atoms with Crippen molar-refractivity contribution < 1.29 is 0 Å². The summed E-state index contributed by atoms with van der Waals surface area (Å²) in [6.07, 6.45) is 5.18. The second-order valence-corrected chi connectivity index (χ2v) is 4.34. The van der Waals surface area contributed by atoms with Gasteiger partial charge in [-0.05, 0) is 15.9 Å². The summed E-state index contributed by atoms with van der Waals surface area (Å²) in [6, 6.07) is 0. The largest absolute Gasteiger partial charge is 0.343 e. The highest BCUT2D eigenvalue weighted by Gasteiger charge is 2.02. The fraction of sp³-hybridized carbons (Fsp3) is 0. The summed E-state index contributed by atoms with van der Waals surface area (Å²) in [4.78, 5) is 11.0. The molecule has 0 aliphatic heterocycles. The topological polar surface area (TPSA) is 41.6 Å². The van der Waals surface area contributed by atoms with Gasteiger partial charge in [0, 0.05) is 0 Å². The molecule has 2 aromatic rings. The Morgan fingerprint density at radius 2 is 2.36 bits per heavy atom. The number of imidazole rings is 1. The molecule has 0 atom stereocenters. The Labute approximate surface area is 75.6 Å². The Bertz CT molecular complexity index is 340. The van der Waals surface area contributed by atoms with E-state index in [-0.39, 0.29) is 0 Å². The van der Waals surface area contributed by atoms with Gasteiger partial charge in [0.25, 0.3) is 0 Å². The first kappa shape index (κ1) is 7.00. The molecule has 0 aliphatic carbocycles. The summed E-state index contributed by atoms with van der Waals surface area (Å²) in [6.45, 7) is 0. The van der Waals surface area contributed by atoms with Crippen molar-refractivity contribution in [2.45, 2.75) is 0 Å². The van der Waals surface area contributed by atoms with Gasteiger partial charge >= 0.3 is 0 Å². The van der Waals surface area contributed by atoms with Crippen LogP contribution >= 0.6 is 27.3 Å². The van der Waals surface area contributed by atoms with Crippen molar-refractivity contribution in [2.24, 2.45) is 0 Å². The van der Waals surface area contributed by atoms with Crippen LogP contribution in [0.1, 0.15) is 0 Å². The van der Waals surface area contributed by atoms with Crippen molar-refractivity contribution in [2.75, 3.05) is 0 Å². The van der Waals surface area contributed by atoms with Crippen LogP contribution in [-0.2, 0) is 0 Å². The van der Waals surface area contributed by atoms with Crippen molar-refractivity contribution >= 4 is 27.3 Å². The van der Waals surface area contributed by atoms with Gasteiger partial charge in [0.1, 0.15) is 5.01 Å². The zero-order valence-corrected chi connectivity index (χ0v) is 7.82. The highest BCUT2D eigenvalue weighted by atomic mass is 79.9. The number of halogens is 1. The lowest BCUT2D eigenvalue weighted by atomic mass is 10.5. The number of hydrogen-bond donors (Lipinski definition) is 1. The minimum atomic E-state index is 0.953. The molecule has 0 aromatic carbocycles. The normalized spacial score (nSPS) is 10.3. The summed E-state index contributed by atoms with van der Waals surface area (Å²) in [5.74, 6) is 0. The lowest BCUT2D eigenvalue weighted by Gasteiger charge is -1.84. The van der Waals surface area contributed by atoms with Gasteiger partial charge in [0.2, 0.25) is 0 Å². The van der Waals surface area contributed by atoms with Gasteiger partial charge in [-0.25, -0.2) is 9.97 Å². The van der Waals surface area contributed by atoms with Crippen LogP contribution in [0.25, 0.3) is 10.7 Å². The van der Waals surface area contributed by atoms with Crippen LogP contribution in [0.4, 0.5) is 0 Å². The second kappa shape index (κ2) is 2.75. The van der Waals surface area contributed by atoms with Crippen LogP contribution in [0.15, 0.2) is 22.5 Å². The third kappa shape index (κ3) is 1.34. The Kier molecular flexibility index (Phi) is 1.75. The fourth-order valence-corrected chi connectivity index (χ4v) is 1.93. The lowest BCUT2D eigenvalue weighted by Crippen LogP contribution is -1.71. The number of hydrogen-bond acceptors (Lipinski definition) is 3. The highest BCUT2D eigenvalue weighted by Crippen LogP contribution is 2.26. The molecule has 0 amide bonds. The monoisotopic (exact) mass is 229 g/mol. The Hall–Kier alpha value is -0.680. The van der Waals surface area contributed by atoms with Crippen LogP contribution in [0.2, 0.25) is 0 Å². The maximum absolute atomic E-state index is 4.16. The molecule has 0 spiro atoms. The Morgan fingerprint density at radius 3 is 2.91 bits per heavy atom. The Balaban J connectivity index is 2.45. The summed E-state index contributed by atoms with van der Waals surface area (Å²) < 4.78 is 1.03. The molecule has 11 heavy (non-hydrogen) atoms. The first-order chi connectivity index (χ1) is 5.36. The number of aromatic amines is 1. The lowest BCUT2D eigenvalue weighted by molar-refractivity contribution is 1.30. The van der Waals surface area contributed by atoms with Crippen LogP contribution < -0.4 is 0 Å². The minimum Gasteiger partial charge on any atom is -0.343 e.